The van der Waals surface area contributed by atoms with Crippen LogP contribution in [-0.4, -0.2) is 47.0 Å². The lowest BCUT2D eigenvalue weighted by atomic mass is 9.71. The molecule has 2 heterocycles. The van der Waals surface area contributed by atoms with Crippen molar-refractivity contribution in [1.82, 2.24) is 9.88 Å². The zero-order chi connectivity index (χ0) is 16.8. The maximum absolute atomic E-state index is 13.0. The number of H-pyrrole nitrogens is 1. The second-order valence-electron chi connectivity index (χ2n) is 7.15. The Balaban J connectivity index is 1.89. The smallest absolute Gasteiger partial charge is 0.179 e. The van der Waals surface area contributed by atoms with Gasteiger partial charge in [-0.05, 0) is 37.9 Å². The molecule has 4 rings (SSSR count). The number of benzene rings is 1. The molecular formula is C20H24N2O2. The summed E-state index contributed by atoms with van der Waals surface area (Å²) in [4.78, 5) is 18.7. The van der Waals surface area contributed by atoms with Crippen LogP contribution in [0.25, 0.3) is 10.9 Å². The summed E-state index contributed by atoms with van der Waals surface area (Å²) in [5.41, 5.74) is 4.20. The minimum absolute atomic E-state index is 0.112. The van der Waals surface area contributed by atoms with Crippen molar-refractivity contribution in [2.24, 2.45) is 11.8 Å². The lowest BCUT2D eigenvalue weighted by Crippen LogP contribution is -2.52. The Morgan fingerprint density at radius 2 is 2.12 bits per heavy atom. The van der Waals surface area contributed by atoms with E-state index in [9.17, 15) is 9.90 Å². The zero-order valence-electron chi connectivity index (χ0n) is 14.2. The van der Waals surface area contributed by atoms with Gasteiger partial charge >= 0.3 is 0 Å². The van der Waals surface area contributed by atoms with E-state index in [0.717, 1.165) is 35.1 Å². The molecule has 0 amide bonds. The first-order chi connectivity index (χ1) is 11.6. The number of hydrogen-bond donors (Lipinski definition) is 2. The number of aliphatic hydroxyl groups is 1. The van der Waals surface area contributed by atoms with Crippen molar-refractivity contribution in [2.75, 3.05) is 20.2 Å². The molecular weight excluding hydrogens is 300 g/mol. The van der Waals surface area contributed by atoms with Gasteiger partial charge in [0.1, 0.15) is 0 Å². The standard InChI is InChI=1S/C20H24N2O2/c1-3-12-10-22(2)18-8-15-13-6-4-5-7-17(13)21-20(15)19(24)9-14(12)16(18)11-23/h3-7,14,16,18,21,23H,8-11H2,1-2H3/b12-3+/t14-,16?,18?/m0/s1. The number of nitrogens with one attached hydrogen (secondary N) is 1. The molecule has 1 saturated heterocycles. The number of rotatable bonds is 1. The number of aliphatic hydroxyl groups excluding tert-OH is 1. The Morgan fingerprint density at radius 3 is 2.88 bits per heavy atom. The van der Waals surface area contributed by atoms with E-state index < -0.39 is 0 Å². The molecule has 2 aliphatic rings. The molecule has 4 nitrogen and oxygen atoms in total. The molecule has 0 saturated carbocycles. The Labute approximate surface area is 142 Å². The first-order valence-electron chi connectivity index (χ1n) is 8.73. The molecule has 1 fully saturated rings. The number of aromatic nitrogens is 1. The average Bonchev–Trinajstić information content (AvgIpc) is 2.95. The molecule has 126 valence electrons. The van der Waals surface area contributed by atoms with Gasteiger partial charge in [-0.15, -0.1) is 0 Å². The molecule has 4 heteroatoms. The maximum Gasteiger partial charge on any atom is 0.179 e. The minimum Gasteiger partial charge on any atom is -0.396 e. The number of carbonyl (C=O) groups excluding carboxylic acids is 1. The number of nitrogens with zero attached hydrogens (tertiary/aromatic N) is 1. The molecule has 1 aromatic carbocycles. The molecule has 2 aromatic rings. The SMILES string of the molecule is C/C=C1\CN(C)C2Cc3c([nH]c4ccccc34)C(=O)C[C@@H]1C2CO. The number of ketones is 1. The number of hydrogen-bond acceptors (Lipinski definition) is 3. The summed E-state index contributed by atoms with van der Waals surface area (Å²) in [6.07, 6.45) is 3.41. The molecule has 1 aromatic heterocycles. The van der Waals surface area contributed by atoms with Gasteiger partial charge in [0, 0.05) is 42.4 Å². The largest absolute Gasteiger partial charge is 0.396 e. The number of likely N-dealkylation sites (tertiary alicyclic amines) is 1. The molecule has 2 N–H and O–H groups in total. The number of carbonyl (C=O) groups is 1. The summed E-state index contributed by atoms with van der Waals surface area (Å²) >= 11 is 0. The van der Waals surface area contributed by atoms with Crippen LogP contribution in [-0.2, 0) is 6.42 Å². The predicted octanol–water partition coefficient (Wildman–Crippen LogP) is 2.78. The van der Waals surface area contributed by atoms with Gasteiger partial charge in [-0.2, -0.15) is 0 Å². The topological polar surface area (TPSA) is 56.3 Å². The van der Waals surface area contributed by atoms with Gasteiger partial charge in [-0.3, -0.25) is 9.69 Å². The van der Waals surface area contributed by atoms with E-state index in [-0.39, 0.29) is 30.3 Å². The molecule has 24 heavy (non-hydrogen) atoms. The van der Waals surface area contributed by atoms with Crippen molar-refractivity contribution in [3.05, 3.63) is 47.2 Å². The van der Waals surface area contributed by atoms with Crippen LogP contribution >= 0.6 is 0 Å². The van der Waals surface area contributed by atoms with Crippen molar-refractivity contribution in [3.8, 4) is 0 Å². The number of aromatic amines is 1. The maximum atomic E-state index is 13.0. The third-order valence-corrected chi connectivity index (χ3v) is 5.98. The second kappa shape index (κ2) is 5.87. The number of likely N-dealkylation sites (N-methyl/N-ethyl adjacent to an activating group) is 1. The number of piperidine rings is 1. The third kappa shape index (κ3) is 2.25. The highest BCUT2D eigenvalue weighted by molar-refractivity contribution is 6.02. The van der Waals surface area contributed by atoms with Crippen LogP contribution in [0.15, 0.2) is 35.9 Å². The fourth-order valence-electron chi connectivity index (χ4n) is 4.70. The van der Waals surface area contributed by atoms with Crippen LogP contribution in [0.5, 0.6) is 0 Å². The molecule has 2 bridgehead atoms. The zero-order valence-corrected chi connectivity index (χ0v) is 14.2. The van der Waals surface area contributed by atoms with Crippen LogP contribution in [0.3, 0.4) is 0 Å². The molecule has 2 unspecified atom stereocenters. The van der Waals surface area contributed by atoms with Crippen molar-refractivity contribution in [3.63, 3.8) is 0 Å². The first-order valence-corrected chi connectivity index (χ1v) is 8.73. The Hall–Kier alpha value is -1.91. The Morgan fingerprint density at radius 1 is 1.33 bits per heavy atom. The monoisotopic (exact) mass is 324 g/mol. The van der Waals surface area contributed by atoms with Crippen LogP contribution in [0.1, 0.15) is 29.4 Å². The molecule has 3 atom stereocenters. The van der Waals surface area contributed by atoms with E-state index in [1.165, 1.54) is 5.57 Å². The Kier molecular flexibility index (Phi) is 3.82. The number of allylic oxidation sites excluding steroid dienone is 1. The van der Waals surface area contributed by atoms with E-state index in [1.807, 2.05) is 25.1 Å². The lowest BCUT2D eigenvalue weighted by Gasteiger charge is -2.46. The van der Waals surface area contributed by atoms with Gasteiger partial charge < -0.3 is 10.1 Å². The summed E-state index contributed by atoms with van der Waals surface area (Å²) in [6.45, 7) is 3.05. The number of Topliss-reactive ketones (excluding diaryl/α,β-unsaturated/α-hetero) is 1. The molecule has 0 spiro atoms. The molecule has 0 radical (unpaired) electrons. The normalized spacial score (nSPS) is 29.5. The van der Waals surface area contributed by atoms with E-state index in [0.29, 0.717) is 6.42 Å². The second-order valence-corrected chi connectivity index (χ2v) is 7.15. The van der Waals surface area contributed by atoms with E-state index in [4.69, 9.17) is 0 Å². The van der Waals surface area contributed by atoms with Crippen molar-refractivity contribution in [1.29, 1.82) is 0 Å². The molecule has 1 aliphatic carbocycles. The van der Waals surface area contributed by atoms with Gasteiger partial charge in [0.2, 0.25) is 0 Å². The average molecular weight is 324 g/mol. The summed E-state index contributed by atoms with van der Waals surface area (Å²) in [6, 6.07) is 8.40. The van der Waals surface area contributed by atoms with Crippen molar-refractivity contribution >= 4 is 16.7 Å². The van der Waals surface area contributed by atoms with Crippen LogP contribution in [0.2, 0.25) is 0 Å². The lowest BCUT2D eigenvalue weighted by molar-refractivity contribution is 0.0518. The predicted molar refractivity (Wildman–Crippen MR) is 95.2 cm³/mol. The van der Waals surface area contributed by atoms with Gasteiger partial charge in [0.25, 0.3) is 0 Å². The van der Waals surface area contributed by atoms with Gasteiger partial charge in [-0.1, -0.05) is 29.8 Å². The number of fused-ring (bicyclic) bond motifs is 5. The van der Waals surface area contributed by atoms with E-state index in [2.05, 4.69) is 29.1 Å². The Bertz CT molecular complexity index is 820. The highest BCUT2D eigenvalue weighted by Crippen LogP contribution is 2.40. The van der Waals surface area contributed by atoms with Gasteiger partial charge in [0.15, 0.2) is 5.78 Å². The van der Waals surface area contributed by atoms with E-state index in [1.54, 1.807) is 0 Å². The minimum atomic E-state index is 0.112. The van der Waals surface area contributed by atoms with Crippen molar-refractivity contribution in [2.45, 2.75) is 25.8 Å². The summed E-state index contributed by atoms with van der Waals surface area (Å²) in [5.74, 6) is 0.431. The van der Waals surface area contributed by atoms with Crippen LogP contribution < -0.4 is 0 Å². The fraction of sp³-hybridized carbons (Fsp3) is 0.450. The highest BCUT2D eigenvalue weighted by atomic mass is 16.3. The summed E-state index contributed by atoms with van der Waals surface area (Å²) in [7, 11) is 2.13. The molecule has 1 aliphatic heterocycles. The summed E-state index contributed by atoms with van der Waals surface area (Å²) in [5, 5.41) is 11.2. The first kappa shape index (κ1) is 15.6. The fourth-order valence-corrected chi connectivity index (χ4v) is 4.70. The van der Waals surface area contributed by atoms with E-state index >= 15 is 0 Å². The van der Waals surface area contributed by atoms with Crippen molar-refractivity contribution < 1.29 is 9.90 Å². The van der Waals surface area contributed by atoms with Gasteiger partial charge in [-0.25, -0.2) is 0 Å². The number of para-hydroxylation sites is 1. The quantitative estimate of drug-likeness (QED) is 0.793. The van der Waals surface area contributed by atoms with Gasteiger partial charge in [0.05, 0.1) is 5.69 Å². The third-order valence-electron chi connectivity index (χ3n) is 5.98. The van der Waals surface area contributed by atoms with Crippen LogP contribution in [0.4, 0.5) is 0 Å². The highest BCUT2D eigenvalue weighted by Gasteiger charge is 2.42. The van der Waals surface area contributed by atoms with Crippen LogP contribution in [0, 0.1) is 11.8 Å². The summed E-state index contributed by atoms with van der Waals surface area (Å²) < 4.78 is 0.